The number of rotatable bonds is 5. The highest BCUT2D eigenvalue weighted by Gasteiger charge is 2.05. The Labute approximate surface area is 137 Å². The third-order valence-electron chi connectivity index (χ3n) is 2.90. The molecule has 1 N–H and O–H groups in total. The molecule has 22 heavy (non-hydrogen) atoms. The van der Waals surface area contributed by atoms with Crippen molar-refractivity contribution < 1.29 is 14.3 Å². The van der Waals surface area contributed by atoms with Gasteiger partial charge in [0.1, 0.15) is 11.5 Å². The van der Waals surface area contributed by atoms with E-state index in [9.17, 15) is 4.79 Å². The first-order chi connectivity index (χ1) is 10.6. The van der Waals surface area contributed by atoms with Crippen LogP contribution in [0.15, 0.2) is 52.0 Å². The van der Waals surface area contributed by atoms with E-state index in [4.69, 9.17) is 9.47 Å². The van der Waals surface area contributed by atoms with Crippen LogP contribution in [0.2, 0.25) is 0 Å². The molecule has 114 valence electrons. The van der Waals surface area contributed by atoms with Crippen molar-refractivity contribution in [1.82, 2.24) is 5.43 Å². The summed E-state index contributed by atoms with van der Waals surface area (Å²) in [5.41, 5.74) is 3.73. The van der Waals surface area contributed by atoms with Gasteiger partial charge in [0, 0.05) is 21.7 Å². The maximum atomic E-state index is 11.9. The van der Waals surface area contributed by atoms with Gasteiger partial charge in [-0.25, -0.2) is 5.43 Å². The maximum absolute atomic E-state index is 11.9. The summed E-state index contributed by atoms with van der Waals surface area (Å²) in [4.78, 5) is 11.9. The minimum atomic E-state index is -0.287. The lowest BCUT2D eigenvalue weighted by molar-refractivity contribution is 0.0955. The molecular weight excluding hydrogens is 348 g/mol. The predicted molar refractivity (Wildman–Crippen MR) is 88.7 cm³/mol. The summed E-state index contributed by atoms with van der Waals surface area (Å²) >= 11 is 3.32. The van der Waals surface area contributed by atoms with Crippen LogP contribution in [0.5, 0.6) is 11.5 Å². The molecule has 0 aromatic heterocycles. The van der Waals surface area contributed by atoms with E-state index in [0.717, 1.165) is 10.0 Å². The number of hydrogen-bond donors (Lipinski definition) is 1. The van der Waals surface area contributed by atoms with Gasteiger partial charge in [0.05, 0.1) is 20.4 Å². The Morgan fingerprint density at radius 1 is 1.18 bits per heavy atom. The number of carbonyl (C=O) groups is 1. The van der Waals surface area contributed by atoms with Gasteiger partial charge in [0.25, 0.3) is 5.91 Å². The minimum absolute atomic E-state index is 0.287. The van der Waals surface area contributed by atoms with Crippen LogP contribution in [0.25, 0.3) is 0 Å². The molecule has 0 atom stereocenters. The second-order valence-corrected chi connectivity index (χ2v) is 5.23. The fourth-order valence-corrected chi connectivity index (χ4v) is 2.18. The highest BCUT2D eigenvalue weighted by Crippen LogP contribution is 2.23. The van der Waals surface area contributed by atoms with E-state index in [-0.39, 0.29) is 5.91 Å². The average molecular weight is 363 g/mol. The molecule has 0 aliphatic rings. The van der Waals surface area contributed by atoms with Gasteiger partial charge in [0.15, 0.2) is 0 Å². The standard InChI is InChI=1S/C16H15BrN2O3/c1-21-14-7-6-12(15(9-14)22-2)10-18-19-16(20)11-4-3-5-13(17)8-11/h3-10H,1-2H3,(H,19,20)/b18-10-. The number of hydrogen-bond acceptors (Lipinski definition) is 4. The molecule has 0 saturated heterocycles. The van der Waals surface area contributed by atoms with Gasteiger partial charge in [-0.05, 0) is 30.3 Å². The van der Waals surface area contributed by atoms with Crippen molar-refractivity contribution in [3.05, 3.63) is 58.1 Å². The van der Waals surface area contributed by atoms with Gasteiger partial charge < -0.3 is 9.47 Å². The molecule has 0 radical (unpaired) electrons. The summed E-state index contributed by atoms with van der Waals surface area (Å²) in [5.74, 6) is 1.01. The van der Waals surface area contributed by atoms with Crippen LogP contribution < -0.4 is 14.9 Å². The summed E-state index contributed by atoms with van der Waals surface area (Å²) in [6.45, 7) is 0. The number of benzene rings is 2. The molecule has 2 aromatic carbocycles. The zero-order valence-electron chi connectivity index (χ0n) is 12.2. The third kappa shape index (κ3) is 4.08. The smallest absolute Gasteiger partial charge is 0.271 e. The lowest BCUT2D eigenvalue weighted by atomic mass is 10.2. The first-order valence-electron chi connectivity index (χ1n) is 6.45. The molecule has 0 spiro atoms. The van der Waals surface area contributed by atoms with Crippen molar-refractivity contribution in [3.8, 4) is 11.5 Å². The summed E-state index contributed by atoms with van der Waals surface area (Å²) in [7, 11) is 3.15. The minimum Gasteiger partial charge on any atom is -0.497 e. The van der Waals surface area contributed by atoms with Gasteiger partial charge in [-0.15, -0.1) is 0 Å². The first-order valence-corrected chi connectivity index (χ1v) is 7.24. The molecular formula is C16H15BrN2O3. The molecule has 2 aromatic rings. The number of halogens is 1. The van der Waals surface area contributed by atoms with Gasteiger partial charge >= 0.3 is 0 Å². The lowest BCUT2D eigenvalue weighted by Gasteiger charge is -2.07. The van der Waals surface area contributed by atoms with Gasteiger partial charge in [-0.1, -0.05) is 22.0 Å². The number of nitrogens with one attached hydrogen (secondary N) is 1. The monoisotopic (exact) mass is 362 g/mol. The van der Waals surface area contributed by atoms with Crippen LogP contribution in [0, 0.1) is 0 Å². The fraction of sp³-hybridized carbons (Fsp3) is 0.125. The van der Waals surface area contributed by atoms with Crippen LogP contribution in [-0.2, 0) is 0 Å². The molecule has 0 saturated carbocycles. The zero-order chi connectivity index (χ0) is 15.9. The van der Waals surface area contributed by atoms with Crippen LogP contribution in [-0.4, -0.2) is 26.3 Å². The molecule has 6 heteroatoms. The topological polar surface area (TPSA) is 59.9 Å². The van der Waals surface area contributed by atoms with Gasteiger partial charge in [0.2, 0.25) is 0 Å². The molecule has 1 amide bonds. The number of nitrogens with zero attached hydrogens (tertiary/aromatic N) is 1. The van der Waals surface area contributed by atoms with E-state index in [1.807, 2.05) is 6.07 Å². The van der Waals surface area contributed by atoms with Crippen LogP contribution in [0.4, 0.5) is 0 Å². The van der Waals surface area contributed by atoms with Crippen molar-refractivity contribution in [2.24, 2.45) is 5.10 Å². The van der Waals surface area contributed by atoms with Crippen LogP contribution >= 0.6 is 15.9 Å². The van der Waals surface area contributed by atoms with E-state index < -0.39 is 0 Å². The molecule has 0 aliphatic carbocycles. The number of carbonyl (C=O) groups excluding carboxylic acids is 1. The Balaban J connectivity index is 2.08. The molecule has 0 heterocycles. The molecule has 2 rings (SSSR count). The molecule has 5 nitrogen and oxygen atoms in total. The number of ether oxygens (including phenoxy) is 2. The highest BCUT2D eigenvalue weighted by atomic mass is 79.9. The Hall–Kier alpha value is -2.34. The summed E-state index contributed by atoms with van der Waals surface area (Å²) < 4.78 is 11.2. The van der Waals surface area contributed by atoms with Gasteiger partial charge in [-0.3, -0.25) is 4.79 Å². The normalized spacial score (nSPS) is 10.5. The highest BCUT2D eigenvalue weighted by molar-refractivity contribution is 9.10. The lowest BCUT2D eigenvalue weighted by Crippen LogP contribution is -2.17. The van der Waals surface area contributed by atoms with Crippen LogP contribution in [0.3, 0.4) is 0 Å². The Morgan fingerprint density at radius 3 is 2.68 bits per heavy atom. The first kappa shape index (κ1) is 16.0. The molecule has 0 aliphatic heterocycles. The van der Waals surface area contributed by atoms with E-state index in [2.05, 4.69) is 26.5 Å². The second-order valence-electron chi connectivity index (χ2n) is 4.32. The third-order valence-corrected chi connectivity index (χ3v) is 3.39. The summed E-state index contributed by atoms with van der Waals surface area (Å²) in [5, 5.41) is 3.95. The van der Waals surface area contributed by atoms with Crippen molar-refractivity contribution in [1.29, 1.82) is 0 Å². The Kier molecular flexibility index (Phi) is 5.55. The van der Waals surface area contributed by atoms with Crippen molar-refractivity contribution in [2.45, 2.75) is 0 Å². The number of amides is 1. The largest absolute Gasteiger partial charge is 0.497 e. The predicted octanol–water partition coefficient (Wildman–Crippen LogP) is 3.23. The van der Waals surface area contributed by atoms with E-state index in [0.29, 0.717) is 17.1 Å². The molecule has 0 bridgehead atoms. The number of methoxy groups -OCH3 is 2. The van der Waals surface area contributed by atoms with Crippen molar-refractivity contribution >= 4 is 28.1 Å². The number of hydrazone groups is 1. The molecule has 0 unspecified atom stereocenters. The SMILES string of the molecule is COc1ccc(/C=N\NC(=O)c2cccc(Br)c2)c(OC)c1. The molecule has 0 fully saturated rings. The van der Waals surface area contributed by atoms with E-state index >= 15 is 0 Å². The van der Waals surface area contributed by atoms with Gasteiger partial charge in [-0.2, -0.15) is 5.10 Å². The fourth-order valence-electron chi connectivity index (χ4n) is 1.78. The van der Waals surface area contributed by atoms with Crippen molar-refractivity contribution in [3.63, 3.8) is 0 Å². The second kappa shape index (κ2) is 7.61. The summed E-state index contributed by atoms with van der Waals surface area (Å²) in [6, 6.07) is 12.4. The maximum Gasteiger partial charge on any atom is 0.271 e. The Bertz CT molecular complexity index is 702. The van der Waals surface area contributed by atoms with Crippen molar-refractivity contribution in [2.75, 3.05) is 14.2 Å². The zero-order valence-corrected chi connectivity index (χ0v) is 13.8. The Morgan fingerprint density at radius 2 is 2.00 bits per heavy atom. The van der Waals surface area contributed by atoms with Crippen LogP contribution in [0.1, 0.15) is 15.9 Å². The van der Waals surface area contributed by atoms with E-state index in [1.54, 1.807) is 50.6 Å². The average Bonchev–Trinajstić information content (AvgIpc) is 2.54. The van der Waals surface area contributed by atoms with E-state index in [1.165, 1.54) is 6.21 Å². The summed E-state index contributed by atoms with van der Waals surface area (Å²) in [6.07, 6.45) is 1.52. The quantitative estimate of drug-likeness (QED) is 0.656.